The highest BCUT2D eigenvalue weighted by Crippen LogP contribution is 2.30. The number of rotatable bonds is 7. The number of primary amides is 1. The fourth-order valence-electron chi connectivity index (χ4n) is 3.09. The first-order valence-electron chi connectivity index (χ1n) is 10.1. The molecule has 1 aromatic carbocycles. The molecule has 1 fully saturated rings. The number of hydrogen-bond donors (Lipinski definition) is 8. The van der Waals surface area contributed by atoms with Gasteiger partial charge in [-0.1, -0.05) is 6.07 Å². The van der Waals surface area contributed by atoms with Crippen LogP contribution in [0.3, 0.4) is 0 Å². The van der Waals surface area contributed by atoms with Crippen molar-refractivity contribution in [1.29, 1.82) is 0 Å². The number of imide groups is 2. The number of amides is 6. The SMILES string of the molecule is NC(=O)NC(=O)NC(=O)NS(=O)(=O)c1cc(O[C@@H]2O[C@H](CO)[C@@H](O)[C@H](O)[C@H]2O)ccc1CCC(F)(F)F. The van der Waals surface area contributed by atoms with Crippen LogP contribution in [0.15, 0.2) is 23.1 Å². The molecule has 208 valence electrons. The van der Waals surface area contributed by atoms with Gasteiger partial charge in [-0.25, -0.2) is 27.5 Å². The van der Waals surface area contributed by atoms with Crippen LogP contribution >= 0.6 is 0 Å². The number of nitrogens with one attached hydrogen (secondary N) is 3. The minimum atomic E-state index is -4.98. The number of benzene rings is 1. The number of aryl methyl sites for hydroxylation is 1. The van der Waals surface area contributed by atoms with Crippen LogP contribution in [0.5, 0.6) is 5.75 Å². The van der Waals surface area contributed by atoms with E-state index in [1.807, 2.05) is 0 Å². The number of aliphatic hydroxyl groups excluding tert-OH is 4. The molecule has 0 spiro atoms. The molecule has 19 heteroatoms. The summed E-state index contributed by atoms with van der Waals surface area (Å²) in [5.74, 6) is -0.438. The second-order valence-corrected chi connectivity index (χ2v) is 9.23. The van der Waals surface area contributed by atoms with Crippen molar-refractivity contribution >= 4 is 28.1 Å². The Kier molecular flexibility index (Phi) is 9.63. The molecule has 5 atom stereocenters. The van der Waals surface area contributed by atoms with E-state index in [1.54, 1.807) is 0 Å². The van der Waals surface area contributed by atoms with Gasteiger partial charge in [0.1, 0.15) is 30.2 Å². The van der Waals surface area contributed by atoms with E-state index >= 15 is 0 Å². The molecular weight excluding hydrogens is 537 g/mol. The molecule has 0 unspecified atom stereocenters. The van der Waals surface area contributed by atoms with E-state index in [0.717, 1.165) is 12.1 Å². The second kappa shape index (κ2) is 11.9. The van der Waals surface area contributed by atoms with Gasteiger partial charge in [-0.05, 0) is 18.1 Å². The third-order valence-corrected chi connectivity index (χ3v) is 6.21. The van der Waals surface area contributed by atoms with E-state index in [0.29, 0.717) is 6.07 Å². The summed E-state index contributed by atoms with van der Waals surface area (Å²) in [4.78, 5) is 33.0. The van der Waals surface area contributed by atoms with Gasteiger partial charge in [0.2, 0.25) is 6.29 Å². The molecule has 0 saturated carbocycles. The number of carbonyl (C=O) groups is 3. The van der Waals surface area contributed by atoms with Crippen molar-refractivity contribution in [2.45, 2.75) is 54.6 Å². The Bertz CT molecular complexity index is 1120. The third kappa shape index (κ3) is 8.40. The van der Waals surface area contributed by atoms with Crippen LogP contribution < -0.4 is 25.8 Å². The zero-order chi connectivity index (χ0) is 28.1. The second-order valence-electron chi connectivity index (χ2n) is 7.58. The zero-order valence-corrected chi connectivity index (χ0v) is 19.3. The number of halogens is 3. The molecule has 1 aromatic rings. The minimum Gasteiger partial charge on any atom is -0.462 e. The number of urea groups is 3. The average molecular weight is 560 g/mol. The first-order valence-corrected chi connectivity index (χ1v) is 11.6. The van der Waals surface area contributed by atoms with Gasteiger partial charge >= 0.3 is 24.3 Å². The summed E-state index contributed by atoms with van der Waals surface area (Å²) in [5.41, 5.74) is 4.24. The molecule has 0 radical (unpaired) electrons. The number of ether oxygens (including phenoxy) is 2. The van der Waals surface area contributed by atoms with Crippen LogP contribution in [-0.4, -0.2) is 90.4 Å². The summed E-state index contributed by atoms with van der Waals surface area (Å²) in [6, 6.07) is -1.98. The van der Waals surface area contributed by atoms with Crippen molar-refractivity contribution in [1.82, 2.24) is 15.4 Å². The van der Waals surface area contributed by atoms with Crippen LogP contribution in [-0.2, 0) is 21.2 Å². The fourth-order valence-corrected chi connectivity index (χ4v) is 4.28. The molecule has 0 aliphatic carbocycles. The third-order valence-electron chi connectivity index (χ3n) is 4.80. The van der Waals surface area contributed by atoms with Gasteiger partial charge in [0.25, 0.3) is 10.0 Å². The maximum atomic E-state index is 12.8. The minimum absolute atomic E-state index is 0.430. The van der Waals surface area contributed by atoms with Crippen molar-refractivity contribution < 1.29 is 65.9 Å². The Labute approximate surface area is 206 Å². The fraction of sp³-hybridized carbons (Fsp3) is 0.500. The summed E-state index contributed by atoms with van der Waals surface area (Å²) in [6.07, 6.45) is -15.6. The molecule has 1 heterocycles. The predicted octanol–water partition coefficient (Wildman–Crippen LogP) is -1.86. The Morgan fingerprint density at radius 3 is 2.27 bits per heavy atom. The molecule has 1 aliphatic rings. The molecular formula is C18H23F3N4O11S. The van der Waals surface area contributed by atoms with E-state index < -0.39 is 101 Å². The molecule has 2 rings (SSSR count). The van der Waals surface area contributed by atoms with Crippen molar-refractivity contribution in [2.24, 2.45) is 5.73 Å². The van der Waals surface area contributed by atoms with Gasteiger partial charge in [-0.3, -0.25) is 10.6 Å². The molecule has 9 N–H and O–H groups in total. The van der Waals surface area contributed by atoms with Gasteiger partial charge in [-0.2, -0.15) is 13.2 Å². The van der Waals surface area contributed by atoms with Gasteiger partial charge < -0.3 is 35.6 Å². The number of carbonyl (C=O) groups excluding carboxylic acids is 3. The van der Waals surface area contributed by atoms with E-state index in [9.17, 15) is 56.4 Å². The highest BCUT2D eigenvalue weighted by Gasteiger charge is 2.44. The summed E-state index contributed by atoms with van der Waals surface area (Å²) in [7, 11) is -4.98. The Balaban J connectivity index is 2.35. The summed E-state index contributed by atoms with van der Waals surface area (Å²) in [6.45, 7) is -0.802. The normalized spacial score (nSPS) is 24.1. The van der Waals surface area contributed by atoms with Crippen molar-refractivity contribution in [2.75, 3.05) is 6.61 Å². The van der Waals surface area contributed by atoms with Crippen LogP contribution in [0.25, 0.3) is 0 Å². The van der Waals surface area contributed by atoms with Crippen LogP contribution in [0, 0.1) is 0 Å². The van der Waals surface area contributed by atoms with Crippen LogP contribution in [0.1, 0.15) is 12.0 Å². The van der Waals surface area contributed by atoms with Gasteiger partial charge in [0.05, 0.1) is 11.5 Å². The van der Waals surface area contributed by atoms with Crippen molar-refractivity contribution in [3.63, 3.8) is 0 Å². The number of aliphatic hydroxyl groups is 4. The van der Waals surface area contributed by atoms with Crippen molar-refractivity contribution in [3.8, 4) is 5.75 Å². The number of alkyl halides is 3. The first kappa shape index (κ1) is 30.0. The van der Waals surface area contributed by atoms with Crippen molar-refractivity contribution in [3.05, 3.63) is 23.8 Å². The van der Waals surface area contributed by atoms with Gasteiger partial charge in [0, 0.05) is 12.5 Å². The number of hydrogen-bond acceptors (Lipinski definition) is 11. The van der Waals surface area contributed by atoms with Gasteiger partial charge in [-0.15, -0.1) is 0 Å². The Morgan fingerprint density at radius 2 is 1.70 bits per heavy atom. The predicted molar refractivity (Wildman–Crippen MR) is 112 cm³/mol. The lowest BCUT2D eigenvalue weighted by Gasteiger charge is -2.39. The standard InChI is InChI=1S/C18H23F3N4O11S/c19-18(20,21)4-3-7-1-2-8(35-14-13(29)12(28)11(27)9(6-26)36-14)5-10(7)37(33,34)25-17(32)24-16(31)23-15(22)30/h1-2,5,9,11-14,26-29H,3-4,6H2,(H5,22,23,24,25,30,31,32)/t9-,11-,12+,13-,14-/m1/s1. The number of sulfonamides is 1. The lowest BCUT2D eigenvalue weighted by atomic mass is 9.99. The highest BCUT2D eigenvalue weighted by atomic mass is 32.2. The van der Waals surface area contributed by atoms with Gasteiger partial charge in [0.15, 0.2) is 0 Å². The maximum absolute atomic E-state index is 12.8. The molecule has 6 amide bonds. The monoisotopic (exact) mass is 560 g/mol. The molecule has 15 nitrogen and oxygen atoms in total. The van der Waals surface area contributed by atoms with E-state index in [-0.39, 0.29) is 0 Å². The van der Waals surface area contributed by atoms with Crippen LogP contribution in [0.2, 0.25) is 0 Å². The topological polar surface area (TPSA) is 247 Å². The number of nitrogens with two attached hydrogens (primary N) is 1. The lowest BCUT2D eigenvalue weighted by Crippen LogP contribution is -2.60. The van der Waals surface area contributed by atoms with Crippen LogP contribution in [0.4, 0.5) is 27.6 Å². The maximum Gasteiger partial charge on any atom is 0.389 e. The van der Waals surface area contributed by atoms with E-state index in [1.165, 1.54) is 15.4 Å². The van der Waals surface area contributed by atoms with E-state index in [4.69, 9.17) is 9.47 Å². The Morgan fingerprint density at radius 1 is 1.05 bits per heavy atom. The quantitative estimate of drug-likeness (QED) is 0.184. The molecule has 1 saturated heterocycles. The molecule has 0 bridgehead atoms. The molecule has 1 aliphatic heterocycles. The van der Waals surface area contributed by atoms with E-state index in [2.05, 4.69) is 5.73 Å². The summed E-state index contributed by atoms with van der Waals surface area (Å²) < 4.78 is 75.6. The summed E-state index contributed by atoms with van der Waals surface area (Å²) in [5, 5.41) is 41.8. The first-order chi connectivity index (χ1) is 17.0. The largest absolute Gasteiger partial charge is 0.462 e. The highest BCUT2D eigenvalue weighted by molar-refractivity contribution is 7.90. The Hall–Kier alpha value is -3.23. The lowest BCUT2D eigenvalue weighted by molar-refractivity contribution is -0.277. The summed E-state index contributed by atoms with van der Waals surface area (Å²) >= 11 is 0. The average Bonchev–Trinajstić information content (AvgIpc) is 2.76. The zero-order valence-electron chi connectivity index (χ0n) is 18.5. The molecule has 37 heavy (non-hydrogen) atoms. The molecule has 0 aromatic heterocycles. The smallest absolute Gasteiger partial charge is 0.389 e.